The molecule has 5 nitrogen and oxygen atoms in total. The van der Waals surface area contributed by atoms with Gasteiger partial charge in [-0.1, -0.05) is 24.3 Å². The van der Waals surface area contributed by atoms with Gasteiger partial charge in [-0.2, -0.15) is 0 Å². The lowest BCUT2D eigenvalue weighted by molar-refractivity contribution is 0.0697. The molecule has 2 aromatic carbocycles. The molecule has 20 heavy (non-hydrogen) atoms. The number of H-pyrrole nitrogens is 1. The van der Waals surface area contributed by atoms with Gasteiger partial charge >= 0.3 is 5.97 Å². The summed E-state index contributed by atoms with van der Waals surface area (Å²) in [5.41, 5.74) is 3.18. The van der Waals surface area contributed by atoms with Gasteiger partial charge < -0.3 is 15.4 Å². The molecule has 0 atom stereocenters. The third-order valence-corrected chi connectivity index (χ3v) is 3.05. The van der Waals surface area contributed by atoms with Crippen LogP contribution in [0.4, 0.5) is 5.95 Å². The molecule has 0 aliphatic carbocycles. The number of carboxylic acids is 1. The van der Waals surface area contributed by atoms with Crippen molar-refractivity contribution < 1.29 is 9.90 Å². The van der Waals surface area contributed by atoms with Gasteiger partial charge in [0.1, 0.15) is 0 Å². The molecule has 0 amide bonds. The quantitative estimate of drug-likeness (QED) is 0.679. The Hall–Kier alpha value is -2.82. The molecule has 0 radical (unpaired) electrons. The minimum Gasteiger partial charge on any atom is -0.478 e. The molecular weight excluding hydrogens is 254 g/mol. The van der Waals surface area contributed by atoms with E-state index in [4.69, 9.17) is 5.11 Å². The first kappa shape index (κ1) is 12.2. The maximum absolute atomic E-state index is 10.8. The standard InChI is InChI=1S/C15H13N3O2/c19-14(20)11-7-5-10(6-8-11)9-16-15-17-12-3-1-2-4-13(12)18-15/h1-8H,9H2,(H,19,20)(H2,16,17,18). The van der Waals surface area contributed by atoms with Gasteiger partial charge in [0.2, 0.25) is 5.95 Å². The maximum Gasteiger partial charge on any atom is 0.335 e. The third-order valence-electron chi connectivity index (χ3n) is 3.05. The van der Waals surface area contributed by atoms with Gasteiger partial charge in [0.15, 0.2) is 0 Å². The lowest BCUT2D eigenvalue weighted by Crippen LogP contribution is -2.02. The average molecular weight is 267 g/mol. The molecule has 1 heterocycles. The van der Waals surface area contributed by atoms with Crippen LogP contribution >= 0.6 is 0 Å². The highest BCUT2D eigenvalue weighted by molar-refractivity contribution is 5.87. The summed E-state index contributed by atoms with van der Waals surface area (Å²) in [6, 6.07) is 14.6. The predicted molar refractivity (Wildman–Crippen MR) is 76.8 cm³/mol. The summed E-state index contributed by atoms with van der Waals surface area (Å²) in [7, 11) is 0. The highest BCUT2D eigenvalue weighted by Gasteiger charge is 2.03. The fourth-order valence-corrected chi connectivity index (χ4v) is 1.99. The van der Waals surface area contributed by atoms with E-state index in [0.29, 0.717) is 12.5 Å². The second-order valence-corrected chi connectivity index (χ2v) is 4.46. The van der Waals surface area contributed by atoms with E-state index in [-0.39, 0.29) is 5.56 Å². The van der Waals surface area contributed by atoms with E-state index >= 15 is 0 Å². The van der Waals surface area contributed by atoms with Gasteiger partial charge in [0, 0.05) is 6.54 Å². The van der Waals surface area contributed by atoms with Gasteiger partial charge in [-0.15, -0.1) is 0 Å². The number of para-hydroxylation sites is 2. The Bertz CT molecular complexity index is 714. The largest absolute Gasteiger partial charge is 0.478 e. The lowest BCUT2D eigenvalue weighted by atomic mass is 10.1. The summed E-state index contributed by atoms with van der Waals surface area (Å²) in [5, 5.41) is 12.0. The van der Waals surface area contributed by atoms with E-state index in [2.05, 4.69) is 15.3 Å². The minimum absolute atomic E-state index is 0.289. The maximum atomic E-state index is 10.8. The zero-order chi connectivity index (χ0) is 13.9. The first-order valence-corrected chi connectivity index (χ1v) is 6.23. The molecule has 100 valence electrons. The van der Waals surface area contributed by atoms with Gasteiger partial charge in [0.25, 0.3) is 0 Å². The van der Waals surface area contributed by atoms with Gasteiger partial charge in [-0.3, -0.25) is 0 Å². The molecule has 5 heteroatoms. The molecule has 3 N–H and O–H groups in total. The number of aromatic nitrogens is 2. The van der Waals surface area contributed by atoms with Crippen molar-refractivity contribution in [3.8, 4) is 0 Å². The first-order valence-electron chi connectivity index (χ1n) is 6.23. The molecule has 0 saturated carbocycles. The molecule has 0 fully saturated rings. The Morgan fingerprint density at radius 2 is 1.90 bits per heavy atom. The summed E-state index contributed by atoms with van der Waals surface area (Å²) >= 11 is 0. The number of carboxylic acid groups (broad SMARTS) is 1. The first-order chi connectivity index (χ1) is 9.72. The van der Waals surface area contributed by atoms with Crippen molar-refractivity contribution in [2.45, 2.75) is 6.54 Å². The lowest BCUT2D eigenvalue weighted by Gasteiger charge is -2.03. The van der Waals surface area contributed by atoms with Gasteiger partial charge in [0.05, 0.1) is 16.6 Å². The number of aromatic amines is 1. The number of carbonyl (C=O) groups is 1. The number of anilines is 1. The average Bonchev–Trinajstić information content (AvgIpc) is 2.88. The zero-order valence-electron chi connectivity index (χ0n) is 10.6. The van der Waals surface area contributed by atoms with E-state index in [1.807, 2.05) is 24.3 Å². The number of imidazole rings is 1. The Kier molecular flexibility index (Phi) is 3.09. The third kappa shape index (κ3) is 2.47. The Morgan fingerprint density at radius 3 is 2.60 bits per heavy atom. The van der Waals surface area contributed by atoms with Crippen LogP contribution in [-0.2, 0) is 6.54 Å². The van der Waals surface area contributed by atoms with Crippen LogP contribution < -0.4 is 5.32 Å². The summed E-state index contributed by atoms with van der Waals surface area (Å²) in [6.45, 7) is 0.583. The summed E-state index contributed by atoms with van der Waals surface area (Å²) in [6.07, 6.45) is 0. The molecule has 1 aromatic heterocycles. The summed E-state index contributed by atoms with van der Waals surface area (Å²) in [4.78, 5) is 18.4. The Balaban J connectivity index is 1.71. The topological polar surface area (TPSA) is 78.0 Å². The minimum atomic E-state index is -0.915. The molecule has 0 spiro atoms. The van der Waals surface area contributed by atoms with Gasteiger partial charge in [-0.25, -0.2) is 9.78 Å². The van der Waals surface area contributed by atoms with Crippen LogP contribution in [0.25, 0.3) is 11.0 Å². The molecule has 0 bridgehead atoms. The van der Waals surface area contributed by atoms with Crippen LogP contribution in [0.3, 0.4) is 0 Å². The zero-order valence-corrected chi connectivity index (χ0v) is 10.6. The number of fused-ring (bicyclic) bond motifs is 1. The van der Waals surface area contributed by atoms with E-state index in [9.17, 15) is 4.79 Å². The van der Waals surface area contributed by atoms with Crippen LogP contribution in [0, 0.1) is 0 Å². The van der Waals surface area contributed by atoms with Crippen molar-refractivity contribution in [3.05, 3.63) is 59.7 Å². The number of nitrogens with one attached hydrogen (secondary N) is 2. The van der Waals surface area contributed by atoms with Gasteiger partial charge in [-0.05, 0) is 29.8 Å². The van der Waals surface area contributed by atoms with Crippen molar-refractivity contribution in [1.82, 2.24) is 9.97 Å². The molecule has 0 saturated heterocycles. The van der Waals surface area contributed by atoms with Crippen molar-refractivity contribution in [1.29, 1.82) is 0 Å². The molecule has 0 aliphatic heterocycles. The summed E-state index contributed by atoms with van der Waals surface area (Å²) in [5.74, 6) is -0.213. The second kappa shape index (κ2) is 5.05. The number of rotatable bonds is 4. The number of nitrogens with zero attached hydrogens (tertiary/aromatic N) is 1. The SMILES string of the molecule is O=C(O)c1ccc(CNc2nc3ccccc3[nH]2)cc1. The van der Waals surface area contributed by atoms with Crippen LogP contribution in [-0.4, -0.2) is 21.0 Å². The fraction of sp³-hybridized carbons (Fsp3) is 0.0667. The molecule has 0 unspecified atom stereocenters. The molecule has 3 aromatic rings. The van der Waals surface area contributed by atoms with Crippen LogP contribution in [0.2, 0.25) is 0 Å². The summed E-state index contributed by atoms with van der Waals surface area (Å²) < 4.78 is 0. The Morgan fingerprint density at radius 1 is 1.15 bits per heavy atom. The van der Waals surface area contributed by atoms with Crippen molar-refractivity contribution in [3.63, 3.8) is 0 Å². The monoisotopic (exact) mass is 267 g/mol. The van der Waals surface area contributed by atoms with E-state index in [1.54, 1.807) is 24.3 Å². The smallest absolute Gasteiger partial charge is 0.335 e. The van der Waals surface area contributed by atoms with E-state index < -0.39 is 5.97 Å². The highest BCUT2D eigenvalue weighted by atomic mass is 16.4. The Labute approximate surface area is 115 Å². The van der Waals surface area contributed by atoms with Crippen LogP contribution in [0.1, 0.15) is 15.9 Å². The molecule has 0 aliphatic rings. The van der Waals surface area contributed by atoms with Crippen molar-refractivity contribution in [2.75, 3.05) is 5.32 Å². The number of aromatic carboxylic acids is 1. The fourth-order valence-electron chi connectivity index (χ4n) is 1.99. The molecular formula is C15H13N3O2. The normalized spacial score (nSPS) is 10.6. The predicted octanol–water partition coefficient (Wildman–Crippen LogP) is 2.87. The number of hydrogen-bond donors (Lipinski definition) is 3. The van der Waals surface area contributed by atoms with Crippen LogP contribution in [0.5, 0.6) is 0 Å². The van der Waals surface area contributed by atoms with E-state index in [1.165, 1.54) is 0 Å². The van der Waals surface area contributed by atoms with Crippen molar-refractivity contribution >= 4 is 23.0 Å². The number of benzene rings is 2. The van der Waals surface area contributed by atoms with E-state index in [0.717, 1.165) is 16.6 Å². The highest BCUT2D eigenvalue weighted by Crippen LogP contribution is 2.14. The molecule has 3 rings (SSSR count). The second-order valence-electron chi connectivity index (χ2n) is 4.46. The van der Waals surface area contributed by atoms with Crippen LogP contribution in [0.15, 0.2) is 48.5 Å². The number of hydrogen-bond acceptors (Lipinski definition) is 3. The van der Waals surface area contributed by atoms with Crippen molar-refractivity contribution in [2.24, 2.45) is 0 Å².